The van der Waals surface area contributed by atoms with Gasteiger partial charge in [0.25, 0.3) is 0 Å². The summed E-state index contributed by atoms with van der Waals surface area (Å²) < 4.78 is 0. The second-order valence-corrected chi connectivity index (χ2v) is 5.10. The molecule has 1 saturated heterocycles. The van der Waals surface area contributed by atoms with Gasteiger partial charge in [-0.1, -0.05) is 19.8 Å². The van der Waals surface area contributed by atoms with E-state index >= 15 is 0 Å². The number of carbonyl (C=O) groups is 2. The molecule has 0 aromatic heterocycles. The molecule has 16 heavy (non-hydrogen) atoms. The summed E-state index contributed by atoms with van der Waals surface area (Å²) >= 11 is 0. The monoisotopic (exact) mass is 226 g/mol. The third-order valence-electron chi connectivity index (χ3n) is 3.07. The Morgan fingerprint density at radius 2 is 2.06 bits per heavy atom. The Kier molecular flexibility index (Phi) is 3.94. The molecule has 4 nitrogen and oxygen atoms in total. The topological polar surface area (TPSA) is 49.4 Å². The van der Waals surface area contributed by atoms with Crippen molar-refractivity contribution in [3.05, 3.63) is 0 Å². The highest BCUT2D eigenvalue weighted by Crippen LogP contribution is 2.18. The molecule has 4 heteroatoms. The lowest BCUT2D eigenvalue weighted by Crippen LogP contribution is -2.65. The second kappa shape index (κ2) is 4.85. The Morgan fingerprint density at radius 1 is 1.44 bits per heavy atom. The minimum Gasteiger partial charge on any atom is -0.341 e. The highest BCUT2D eigenvalue weighted by molar-refractivity contribution is 5.97. The molecule has 1 heterocycles. The maximum atomic E-state index is 12.1. The molecule has 1 rings (SSSR count). The number of carbonyl (C=O) groups excluding carboxylic acids is 2. The van der Waals surface area contributed by atoms with E-state index in [-0.39, 0.29) is 24.4 Å². The summed E-state index contributed by atoms with van der Waals surface area (Å²) in [4.78, 5) is 25.3. The standard InChI is InChI=1S/C12H22N2O2/c1-5-6-7-9(2)14-8-10(15)13-12(3,4)11(14)16/h9H,5-8H2,1-4H3,(H,13,15). The number of nitrogens with zero attached hydrogens (tertiary/aromatic N) is 1. The van der Waals surface area contributed by atoms with Crippen LogP contribution in [-0.4, -0.2) is 34.8 Å². The average Bonchev–Trinajstić information content (AvgIpc) is 2.19. The maximum Gasteiger partial charge on any atom is 0.248 e. The number of amides is 2. The van der Waals surface area contributed by atoms with E-state index in [9.17, 15) is 9.59 Å². The van der Waals surface area contributed by atoms with Crippen molar-refractivity contribution in [2.24, 2.45) is 0 Å². The number of piperazine rings is 1. The Labute approximate surface area is 97.4 Å². The average molecular weight is 226 g/mol. The highest BCUT2D eigenvalue weighted by atomic mass is 16.2. The summed E-state index contributed by atoms with van der Waals surface area (Å²) in [6.07, 6.45) is 3.17. The van der Waals surface area contributed by atoms with Gasteiger partial charge in [0.05, 0.1) is 6.54 Å². The van der Waals surface area contributed by atoms with Crippen LogP contribution in [0.25, 0.3) is 0 Å². The van der Waals surface area contributed by atoms with Gasteiger partial charge < -0.3 is 10.2 Å². The fraction of sp³-hybridized carbons (Fsp3) is 0.833. The van der Waals surface area contributed by atoms with Crippen LogP contribution in [0.2, 0.25) is 0 Å². The lowest BCUT2D eigenvalue weighted by Gasteiger charge is -2.40. The van der Waals surface area contributed by atoms with Gasteiger partial charge in [-0.05, 0) is 27.2 Å². The van der Waals surface area contributed by atoms with Crippen LogP contribution in [0.1, 0.15) is 47.0 Å². The predicted molar refractivity (Wildman–Crippen MR) is 62.9 cm³/mol. The Balaban J connectivity index is 2.71. The van der Waals surface area contributed by atoms with E-state index in [2.05, 4.69) is 12.2 Å². The molecule has 1 aliphatic heterocycles. The molecule has 0 radical (unpaired) electrons. The minimum absolute atomic E-state index is 0.0238. The first kappa shape index (κ1) is 13.0. The number of hydrogen-bond acceptors (Lipinski definition) is 2. The van der Waals surface area contributed by atoms with E-state index in [4.69, 9.17) is 0 Å². The molecule has 0 bridgehead atoms. The summed E-state index contributed by atoms with van der Waals surface area (Å²) in [5.41, 5.74) is -0.754. The lowest BCUT2D eigenvalue weighted by molar-refractivity contribution is -0.150. The van der Waals surface area contributed by atoms with Crippen LogP contribution in [0.5, 0.6) is 0 Å². The molecule has 0 aliphatic carbocycles. The molecule has 1 aliphatic rings. The van der Waals surface area contributed by atoms with Crippen molar-refractivity contribution in [2.75, 3.05) is 6.54 Å². The Morgan fingerprint density at radius 3 is 2.62 bits per heavy atom. The van der Waals surface area contributed by atoms with E-state index in [0.29, 0.717) is 0 Å². The van der Waals surface area contributed by atoms with Gasteiger partial charge in [-0.2, -0.15) is 0 Å². The van der Waals surface area contributed by atoms with Gasteiger partial charge in [-0.15, -0.1) is 0 Å². The fourth-order valence-corrected chi connectivity index (χ4v) is 2.04. The zero-order valence-corrected chi connectivity index (χ0v) is 10.7. The van der Waals surface area contributed by atoms with E-state index < -0.39 is 5.54 Å². The van der Waals surface area contributed by atoms with Gasteiger partial charge in [-0.25, -0.2) is 0 Å². The molecule has 92 valence electrons. The largest absolute Gasteiger partial charge is 0.341 e. The van der Waals surface area contributed by atoms with Gasteiger partial charge in [-0.3, -0.25) is 9.59 Å². The van der Waals surface area contributed by atoms with Crippen LogP contribution >= 0.6 is 0 Å². The minimum atomic E-state index is -0.754. The third kappa shape index (κ3) is 2.74. The molecule has 1 fully saturated rings. The van der Waals surface area contributed by atoms with Gasteiger partial charge >= 0.3 is 0 Å². The maximum absolute atomic E-state index is 12.1. The lowest BCUT2D eigenvalue weighted by atomic mass is 9.98. The quantitative estimate of drug-likeness (QED) is 0.785. The van der Waals surface area contributed by atoms with E-state index in [1.54, 1.807) is 18.7 Å². The molecule has 2 amide bonds. The molecule has 0 aromatic carbocycles. The zero-order chi connectivity index (χ0) is 12.3. The Bertz CT molecular complexity index is 287. The molecule has 0 saturated carbocycles. The van der Waals surface area contributed by atoms with Gasteiger partial charge in [0.15, 0.2) is 0 Å². The van der Waals surface area contributed by atoms with E-state index in [1.165, 1.54) is 0 Å². The number of unbranched alkanes of at least 4 members (excludes halogenated alkanes) is 1. The highest BCUT2D eigenvalue weighted by Gasteiger charge is 2.40. The number of rotatable bonds is 4. The first-order chi connectivity index (χ1) is 7.38. The van der Waals surface area contributed by atoms with Crippen molar-refractivity contribution in [3.63, 3.8) is 0 Å². The van der Waals surface area contributed by atoms with Gasteiger partial charge in [0.1, 0.15) is 5.54 Å². The molecule has 0 spiro atoms. The summed E-state index contributed by atoms with van der Waals surface area (Å²) in [6, 6.07) is 0.151. The van der Waals surface area contributed by atoms with Crippen LogP contribution in [0, 0.1) is 0 Å². The molecule has 0 aromatic rings. The fourth-order valence-electron chi connectivity index (χ4n) is 2.04. The number of nitrogens with one attached hydrogen (secondary N) is 1. The second-order valence-electron chi connectivity index (χ2n) is 5.10. The normalized spacial score (nSPS) is 21.9. The van der Waals surface area contributed by atoms with Crippen molar-refractivity contribution in [1.82, 2.24) is 10.2 Å². The number of hydrogen-bond donors (Lipinski definition) is 1. The predicted octanol–water partition coefficient (Wildman–Crippen LogP) is 1.30. The smallest absolute Gasteiger partial charge is 0.248 e. The summed E-state index contributed by atoms with van der Waals surface area (Å²) in [5.74, 6) is -0.0383. The molecular weight excluding hydrogens is 204 g/mol. The zero-order valence-electron chi connectivity index (χ0n) is 10.7. The van der Waals surface area contributed by atoms with Crippen LogP contribution in [-0.2, 0) is 9.59 Å². The van der Waals surface area contributed by atoms with Crippen molar-refractivity contribution in [2.45, 2.75) is 58.5 Å². The summed E-state index contributed by atoms with van der Waals surface area (Å²) in [6.45, 7) is 7.86. The van der Waals surface area contributed by atoms with Crippen molar-refractivity contribution in [1.29, 1.82) is 0 Å². The molecule has 1 unspecified atom stereocenters. The first-order valence-electron chi connectivity index (χ1n) is 6.00. The van der Waals surface area contributed by atoms with Crippen molar-refractivity contribution < 1.29 is 9.59 Å². The van der Waals surface area contributed by atoms with Crippen molar-refractivity contribution >= 4 is 11.8 Å². The first-order valence-corrected chi connectivity index (χ1v) is 6.00. The Hall–Kier alpha value is -1.06. The van der Waals surface area contributed by atoms with E-state index in [0.717, 1.165) is 19.3 Å². The summed E-state index contributed by atoms with van der Waals surface area (Å²) in [5, 5.41) is 2.72. The van der Waals surface area contributed by atoms with Gasteiger partial charge in [0, 0.05) is 6.04 Å². The van der Waals surface area contributed by atoms with E-state index in [1.807, 2.05) is 6.92 Å². The van der Waals surface area contributed by atoms with Crippen LogP contribution in [0.15, 0.2) is 0 Å². The SMILES string of the molecule is CCCCC(C)N1CC(=O)NC(C)(C)C1=O. The molecule has 1 atom stereocenters. The molecule has 1 N–H and O–H groups in total. The van der Waals surface area contributed by atoms with Crippen LogP contribution in [0.3, 0.4) is 0 Å². The third-order valence-corrected chi connectivity index (χ3v) is 3.07. The van der Waals surface area contributed by atoms with Crippen LogP contribution in [0.4, 0.5) is 0 Å². The van der Waals surface area contributed by atoms with Gasteiger partial charge in [0.2, 0.25) is 11.8 Å². The molecular formula is C12H22N2O2. The van der Waals surface area contributed by atoms with Crippen molar-refractivity contribution in [3.8, 4) is 0 Å². The summed E-state index contributed by atoms with van der Waals surface area (Å²) in [7, 11) is 0. The van der Waals surface area contributed by atoms with Crippen LogP contribution < -0.4 is 5.32 Å².